The molecule has 6 nitrogen and oxygen atoms in total. The maximum Gasteiger partial charge on any atom is 0.317 e. The second kappa shape index (κ2) is 8.74. The molecule has 0 radical (unpaired) electrons. The average molecular weight is 272 g/mol. The first-order valence-electron chi connectivity index (χ1n) is 6.99. The Kier molecular flexibility index (Phi) is 7.25. The molecule has 1 atom stereocenters. The summed E-state index contributed by atoms with van der Waals surface area (Å²) in [5.41, 5.74) is 0. The zero-order chi connectivity index (χ0) is 14.1. The van der Waals surface area contributed by atoms with Crippen LogP contribution in [0.25, 0.3) is 0 Å². The van der Waals surface area contributed by atoms with Crippen LogP contribution in [-0.4, -0.2) is 54.4 Å². The number of piperidine rings is 1. The van der Waals surface area contributed by atoms with E-state index in [0.717, 1.165) is 19.3 Å². The van der Waals surface area contributed by atoms with Gasteiger partial charge in [-0.05, 0) is 32.6 Å². The molecule has 2 N–H and O–H groups in total. The van der Waals surface area contributed by atoms with Gasteiger partial charge in [0.25, 0.3) is 0 Å². The van der Waals surface area contributed by atoms with Crippen molar-refractivity contribution in [1.82, 2.24) is 10.2 Å². The number of rotatable bonds is 7. The molecule has 0 aromatic rings. The van der Waals surface area contributed by atoms with Crippen LogP contribution in [0.3, 0.4) is 0 Å². The van der Waals surface area contributed by atoms with E-state index in [1.807, 2.05) is 6.92 Å². The molecule has 19 heavy (non-hydrogen) atoms. The van der Waals surface area contributed by atoms with Crippen LogP contribution >= 0.6 is 0 Å². The van der Waals surface area contributed by atoms with Crippen molar-refractivity contribution < 1.29 is 19.4 Å². The number of urea groups is 1. The summed E-state index contributed by atoms with van der Waals surface area (Å²) in [6.45, 7) is 4.27. The number of carbonyl (C=O) groups excluding carboxylic acids is 1. The molecule has 0 aromatic heterocycles. The van der Waals surface area contributed by atoms with Crippen LogP contribution in [-0.2, 0) is 9.53 Å². The van der Waals surface area contributed by atoms with E-state index < -0.39 is 5.97 Å². The molecule has 110 valence electrons. The Balaban J connectivity index is 2.37. The lowest BCUT2D eigenvalue weighted by Gasteiger charge is -2.35. The number of hydrogen-bond donors (Lipinski definition) is 2. The monoisotopic (exact) mass is 272 g/mol. The largest absolute Gasteiger partial charge is 0.481 e. The van der Waals surface area contributed by atoms with Gasteiger partial charge in [0.1, 0.15) is 0 Å². The molecule has 1 rings (SSSR count). The van der Waals surface area contributed by atoms with Gasteiger partial charge in [-0.1, -0.05) is 0 Å². The van der Waals surface area contributed by atoms with E-state index in [-0.39, 0.29) is 18.5 Å². The van der Waals surface area contributed by atoms with Gasteiger partial charge in [0.05, 0.1) is 6.61 Å². The second-order valence-electron chi connectivity index (χ2n) is 4.70. The minimum atomic E-state index is -0.803. The van der Waals surface area contributed by atoms with Gasteiger partial charge in [-0.2, -0.15) is 0 Å². The summed E-state index contributed by atoms with van der Waals surface area (Å²) in [5, 5.41) is 11.6. The van der Waals surface area contributed by atoms with E-state index >= 15 is 0 Å². The molecule has 0 spiro atoms. The van der Waals surface area contributed by atoms with Gasteiger partial charge in [0.2, 0.25) is 0 Å². The van der Waals surface area contributed by atoms with E-state index in [1.165, 1.54) is 0 Å². The van der Waals surface area contributed by atoms with Crippen LogP contribution in [0.15, 0.2) is 0 Å². The highest BCUT2D eigenvalue weighted by Gasteiger charge is 2.26. The smallest absolute Gasteiger partial charge is 0.317 e. The maximum absolute atomic E-state index is 12.0. The van der Waals surface area contributed by atoms with Crippen molar-refractivity contribution in [2.45, 2.75) is 45.1 Å². The minimum absolute atomic E-state index is 0.0527. The first-order chi connectivity index (χ1) is 9.15. The van der Waals surface area contributed by atoms with Crippen molar-refractivity contribution in [3.8, 4) is 0 Å². The number of ether oxygens (including phenoxy) is 1. The van der Waals surface area contributed by atoms with E-state index in [9.17, 15) is 9.59 Å². The Morgan fingerprint density at radius 2 is 2.21 bits per heavy atom. The van der Waals surface area contributed by atoms with Gasteiger partial charge in [0.15, 0.2) is 0 Å². The molecule has 6 heteroatoms. The molecule has 0 saturated carbocycles. The molecular weight excluding hydrogens is 248 g/mol. The number of carbonyl (C=O) groups is 2. The number of likely N-dealkylation sites (tertiary alicyclic amines) is 1. The fourth-order valence-electron chi connectivity index (χ4n) is 2.33. The Bertz CT molecular complexity index is 296. The predicted octanol–water partition coefficient (Wildman–Crippen LogP) is 1.45. The summed E-state index contributed by atoms with van der Waals surface area (Å²) >= 11 is 0. The maximum atomic E-state index is 12.0. The summed E-state index contributed by atoms with van der Waals surface area (Å²) in [6, 6.07) is -0.0493. The number of carboxylic acid groups (broad SMARTS) is 1. The lowest BCUT2D eigenvalue weighted by atomic mass is 9.98. The Morgan fingerprint density at radius 3 is 2.89 bits per heavy atom. The fraction of sp³-hybridized carbons (Fsp3) is 0.846. The summed E-state index contributed by atoms with van der Waals surface area (Å²) < 4.78 is 5.17. The van der Waals surface area contributed by atoms with Gasteiger partial charge in [-0.3, -0.25) is 4.79 Å². The number of carboxylic acids is 1. The second-order valence-corrected chi connectivity index (χ2v) is 4.70. The SMILES string of the molecule is CCOCCNC(=O)N1CCCCC1CCC(=O)O. The van der Waals surface area contributed by atoms with E-state index in [2.05, 4.69) is 5.32 Å². The van der Waals surface area contributed by atoms with Crippen LogP contribution in [0.4, 0.5) is 4.79 Å². The highest BCUT2D eigenvalue weighted by Crippen LogP contribution is 2.20. The van der Waals surface area contributed by atoms with Crippen LogP contribution in [0.1, 0.15) is 39.0 Å². The van der Waals surface area contributed by atoms with Crippen molar-refractivity contribution in [1.29, 1.82) is 0 Å². The number of amides is 2. The summed E-state index contributed by atoms with van der Waals surface area (Å²) in [4.78, 5) is 24.4. The number of hydrogen-bond acceptors (Lipinski definition) is 3. The minimum Gasteiger partial charge on any atom is -0.481 e. The predicted molar refractivity (Wildman–Crippen MR) is 71.1 cm³/mol. The van der Waals surface area contributed by atoms with Gasteiger partial charge < -0.3 is 20.1 Å². The standard InChI is InChI=1S/C13H24N2O4/c1-2-19-10-8-14-13(18)15-9-4-3-5-11(15)6-7-12(16)17/h11H,2-10H2,1H3,(H,14,18)(H,16,17). The van der Waals surface area contributed by atoms with Gasteiger partial charge in [0, 0.05) is 32.2 Å². The zero-order valence-corrected chi connectivity index (χ0v) is 11.6. The van der Waals surface area contributed by atoms with Gasteiger partial charge >= 0.3 is 12.0 Å². The molecule has 1 saturated heterocycles. The molecule has 1 aliphatic heterocycles. The van der Waals surface area contributed by atoms with Crippen LogP contribution < -0.4 is 5.32 Å². The van der Waals surface area contributed by atoms with Crippen molar-refractivity contribution in [3.05, 3.63) is 0 Å². The fourth-order valence-corrected chi connectivity index (χ4v) is 2.33. The third kappa shape index (κ3) is 5.92. The van der Waals surface area contributed by atoms with Gasteiger partial charge in [-0.15, -0.1) is 0 Å². The lowest BCUT2D eigenvalue weighted by molar-refractivity contribution is -0.137. The summed E-state index contributed by atoms with van der Waals surface area (Å²) in [5.74, 6) is -0.803. The zero-order valence-electron chi connectivity index (χ0n) is 11.6. The molecule has 2 amide bonds. The molecule has 0 bridgehead atoms. The van der Waals surface area contributed by atoms with Crippen molar-refractivity contribution >= 4 is 12.0 Å². The van der Waals surface area contributed by atoms with Crippen LogP contribution in [0.5, 0.6) is 0 Å². The molecule has 1 fully saturated rings. The molecule has 1 heterocycles. The lowest BCUT2D eigenvalue weighted by Crippen LogP contribution is -2.49. The molecule has 1 unspecified atom stereocenters. The van der Waals surface area contributed by atoms with Crippen LogP contribution in [0.2, 0.25) is 0 Å². The topological polar surface area (TPSA) is 78.9 Å². The Labute approximate surface area is 114 Å². The van der Waals surface area contributed by atoms with Crippen molar-refractivity contribution in [2.75, 3.05) is 26.3 Å². The van der Waals surface area contributed by atoms with E-state index in [1.54, 1.807) is 4.90 Å². The molecule has 0 aromatic carbocycles. The van der Waals surface area contributed by atoms with Crippen molar-refractivity contribution in [3.63, 3.8) is 0 Å². The highest BCUT2D eigenvalue weighted by atomic mass is 16.5. The van der Waals surface area contributed by atoms with E-state index in [0.29, 0.717) is 32.7 Å². The third-order valence-electron chi connectivity index (χ3n) is 3.31. The molecule has 0 aliphatic carbocycles. The third-order valence-corrected chi connectivity index (χ3v) is 3.31. The van der Waals surface area contributed by atoms with Gasteiger partial charge in [-0.25, -0.2) is 4.79 Å². The number of nitrogens with zero attached hydrogens (tertiary/aromatic N) is 1. The van der Waals surface area contributed by atoms with E-state index in [4.69, 9.17) is 9.84 Å². The highest BCUT2D eigenvalue weighted by molar-refractivity contribution is 5.74. The first-order valence-corrected chi connectivity index (χ1v) is 6.99. The quantitative estimate of drug-likeness (QED) is 0.688. The first kappa shape index (κ1) is 15.8. The number of nitrogens with one attached hydrogen (secondary N) is 1. The summed E-state index contributed by atoms with van der Waals surface area (Å²) in [7, 11) is 0. The molecule has 1 aliphatic rings. The Hall–Kier alpha value is -1.30. The van der Waals surface area contributed by atoms with Crippen molar-refractivity contribution in [2.24, 2.45) is 0 Å². The number of aliphatic carboxylic acids is 1. The Morgan fingerprint density at radius 1 is 1.42 bits per heavy atom. The molecular formula is C13H24N2O4. The normalized spacial score (nSPS) is 19.2. The average Bonchev–Trinajstić information content (AvgIpc) is 2.41. The summed E-state index contributed by atoms with van der Waals surface area (Å²) in [6.07, 6.45) is 3.60. The van der Waals surface area contributed by atoms with Crippen LogP contribution in [0, 0.1) is 0 Å².